The van der Waals surface area contributed by atoms with Crippen LogP contribution in [0.4, 0.5) is 0 Å². The maximum Gasteiger partial charge on any atom is 0.302 e. The molecule has 9 heteroatoms. The molecule has 0 bridgehead atoms. The minimum atomic E-state index is -3.74. The first-order valence-corrected chi connectivity index (χ1v) is 20.0. The third-order valence-electron chi connectivity index (χ3n) is 11.6. The molecule has 0 N–H and O–H groups in total. The Bertz CT molecular complexity index is 1100. The normalized spacial score (nSPS) is 38.5. The van der Waals surface area contributed by atoms with Crippen molar-refractivity contribution in [1.82, 2.24) is 0 Å². The third kappa shape index (κ3) is 6.01. The van der Waals surface area contributed by atoms with Gasteiger partial charge in [0.1, 0.15) is 12.2 Å². The molecular formula is C31H54O7SSi. The molecule has 9 atom stereocenters. The average molecular weight is 599 g/mol. The molecule has 0 amide bonds. The van der Waals surface area contributed by atoms with Crippen LogP contribution in [0, 0.1) is 34.5 Å². The molecule has 0 aromatic rings. The summed E-state index contributed by atoms with van der Waals surface area (Å²) in [5, 5.41) is 0.207. The van der Waals surface area contributed by atoms with Crippen LogP contribution < -0.4 is 0 Å². The van der Waals surface area contributed by atoms with E-state index in [-0.39, 0.29) is 22.5 Å². The number of hydrogen-bond acceptors (Lipinski definition) is 7. The van der Waals surface area contributed by atoms with Gasteiger partial charge in [0.15, 0.2) is 8.32 Å². The average Bonchev–Trinajstić information content (AvgIpc) is 3.30. The third-order valence-corrected chi connectivity index (χ3v) is 16.6. The summed E-state index contributed by atoms with van der Waals surface area (Å²) in [6.07, 6.45) is 9.04. The Labute approximate surface area is 244 Å². The van der Waals surface area contributed by atoms with Crippen molar-refractivity contribution in [2.45, 2.75) is 123 Å². The predicted molar refractivity (Wildman–Crippen MR) is 160 cm³/mol. The minimum absolute atomic E-state index is 0.207. The topological polar surface area (TPSA) is 88.1 Å². The number of carbonyl (C=O) groups excluding carboxylic acids is 1. The van der Waals surface area contributed by atoms with Crippen LogP contribution in [0.3, 0.4) is 0 Å². The molecule has 0 heterocycles. The summed E-state index contributed by atoms with van der Waals surface area (Å²) in [5.41, 5.74) is 1.19. The Morgan fingerprint density at radius 2 is 1.90 bits per heavy atom. The highest BCUT2D eigenvalue weighted by Crippen LogP contribution is 2.68. The lowest BCUT2D eigenvalue weighted by atomic mass is 9.61. The van der Waals surface area contributed by atoms with Crippen LogP contribution in [0.15, 0.2) is 11.6 Å². The summed E-state index contributed by atoms with van der Waals surface area (Å²) in [5.74, 6) is 1.40. The fourth-order valence-corrected chi connectivity index (χ4v) is 10.3. The summed E-state index contributed by atoms with van der Waals surface area (Å²) in [7, 11) is -3.83. The van der Waals surface area contributed by atoms with E-state index in [0.717, 1.165) is 32.1 Å². The maximum atomic E-state index is 12.3. The zero-order valence-corrected chi connectivity index (χ0v) is 28.4. The Hall–Kier alpha value is -0.743. The van der Waals surface area contributed by atoms with Crippen molar-refractivity contribution in [3.8, 4) is 0 Å². The second kappa shape index (κ2) is 11.1. The van der Waals surface area contributed by atoms with Crippen LogP contribution in [-0.4, -0.2) is 61.0 Å². The predicted octanol–water partition coefficient (Wildman–Crippen LogP) is 6.49. The highest BCUT2D eigenvalue weighted by molar-refractivity contribution is 7.86. The molecular weight excluding hydrogens is 544 g/mol. The van der Waals surface area contributed by atoms with Crippen molar-refractivity contribution < 1.29 is 31.3 Å². The zero-order valence-electron chi connectivity index (χ0n) is 26.5. The second-order valence-electron chi connectivity index (χ2n) is 15.2. The van der Waals surface area contributed by atoms with Gasteiger partial charge in [0.05, 0.1) is 12.4 Å². The van der Waals surface area contributed by atoms with Gasteiger partial charge in [-0.05, 0) is 92.2 Å². The Morgan fingerprint density at radius 1 is 1.23 bits per heavy atom. The first-order chi connectivity index (χ1) is 18.4. The molecule has 4 aliphatic carbocycles. The van der Waals surface area contributed by atoms with E-state index < -0.39 is 42.0 Å². The van der Waals surface area contributed by atoms with Gasteiger partial charge in [0, 0.05) is 26.1 Å². The maximum absolute atomic E-state index is 12.3. The number of rotatable bonds is 10. The van der Waals surface area contributed by atoms with Crippen LogP contribution in [-0.2, 0) is 33.0 Å². The van der Waals surface area contributed by atoms with Crippen molar-refractivity contribution in [1.29, 1.82) is 0 Å². The number of esters is 1. The molecule has 0 saturated heterocycles. The summed E-state index contributed by atoms with van der Waals surface area (Å²) >= 11 is 0. The molecule has 4 saturated carbocycles. The highest BCUT2D eigenvalue weighted by atomic mass is 32.2. The van der Waals surface area contributed by atoms with Gasteiger partial charge in [-0.2, -0.15) is 8.42 Å². The largest absolute Gasteiger partial charge is 0.460 e. The highest BCUT2D eigenvalue weighted by Gasteiger charge is 2.72. The summed E-state index contributed by atoms with van der Waals surface area (Å²) < 4.78 is 48.5. The van der Waals surface area contributed by atoms with Crippen molar-refractivity contribution in [2.24, 2.45) is 34.5 Å². The molecule has 40 heavy (non-hydrogen) atoms. The van der Waals surface area contributed by atoms with E-state index in [9.17, 15) is 13.2 Å². The van der Waals surface area contributed by atoms with E-state index in [1.807, 2.05) is 0 Å². The van der Waals surface area contributed by atoms with Gasteiger partial charge in [0.25, 0.3) is 10.1 Å². The first-order valence-electron chi connectivity index (χ1n) is 15.3. The standard InChI is InChI=1S/C31H54O7SSi/c1-20(19-36-40(9,10)29(3,4)5)24-13-14-25-22(12-11-15-30(24,25)6)16-27(35-7)31-18-23(31)17-26(37-21(2)32)28(31)38-39(8,33)34/h16,20,23-28H,11-15,17-19H2,1-10H3/t20-,23?,24?,25?,26+,27?,28?,30-,31?/m1/s1. The van der Waals surface area contributed by atoms with Crippen molar-refractivity contribution in [2.75, 3.05) is 20.0 Å². The fourth-order valence-electron chi connectivity index (χ4n) is 8.47. The Morgan fingerprint density at radius 3 is 2.48 bits per heavy atom. The van der Waals surface area contributed by atoms with Crippen molar-refractivity contribution >= 4 is 24.4 Å². The quantitative estimate of drug-likeness (QED) is 0.123. The van der Waals surface area contributed by atoms with Crippen LogP contribution in [0.1, 0.15) is 86.5 Å². The lowest BCUT2D eigenvalue weighted by Gasteiger charge is -2.45. The van der Waals surface area contributed by atoms with Gasteiger partial charge in [-0.15, -0.1) is 0 Å². The van der Waals surface area contributed by atoms with Crippen LogP contribution in [0.25, 0.3) is 0 Å². The number of allylic oxidation sites excluding steroid dienone is 1. The van der Waals surface area contributed by atoms with E-state index >= 15 is 0 Å². The lowest BCUT2D eigenvalue weighted by molar-refractivity contribution is -0.152. The Balaban J connectivity index is 1.55. The van der Waals surface area contributed by atoms with Gasteiger partial charge < -0.3 is 13.9 Å². The number of carbonyl (C=O) groups is 1. The molecule has 0 aromatic carbocycles. The summed E-state index contributed by atoms with van der Waals surface area (Å²) in [4.78, 5) is 11.8. The Kier molecular flexibility index (Phi) is 8.91. The first kappa shape index (κ1) is 32.2. The SMILES string of the molecule is COC(C=C1CCC[C@@]2(C)C1CCC2[C@H](C)CO[Si](C)(C)C(C)(C)C)C12CC1C[C@H](OC(C)=O)C2OS(C)(=O)=O. The number of hydrogen-bond donors (Lipinski definition) is 0. The molecule has 0 aliphatic heterocycles. The van der Waals surface area contributed by atoms with E-state index in [1.165, 1.54) is 31.8 Å². The molecule has 4 fully saturated rings. The fraction of sp³-hybridized carbons (Fsp3) is 0.903. The summed E-state index contributed by atoms with van der Waals surface area (Å²) in [6, 6.07) is 0. The number of ether oxygens (including phenoxy) is 2. The molecule has 0 aromatic heterocycles. The molecule has 0 radical (unpaired) electrons. The summed E-state index contributed by atoms with van der Waals surface area (Å²) in [6.45, 7) is 18.7. The molecule has 230 valence electrons. The minimum Gasteiger partial charge on any atom is -0.460 e. The smallest absolute Gasteiger partial charge is 0.302 e. The van der Waals surface area contributed by atoms with Crippen molar-refractivity contribution in [3.63, 3.8) is 0 Å². The lowest BCUT2D eigenvalue weighted by Crippen LogP contribution is -2.44. The van der Waals surface area contributed by atoms with Crippen LogP contribution >= 0.6 is 0 Å². The molecule has 0 spiro atoms. The number of fused-ring (bicyclic) bond motifs is 2. The van der Waals surface area contributed by atoms with Gasteiger partial charge >= 0.3 is 5.97 Å². The molecule has 6 unspecified atom stereocenters. The van der Waals surface area contributed by atoms with Gasteiger partial charge in [-0.1, -0.05) is 46.3 Å². The monoisotopic (exact) mass is 598 g/mol. The number of methoxy groups -OCH3 is 1. The van der Waals surface area contributed by atoms with Gasteiger partial charge in [-0.25, -0.2) is 0 Å². The molecule has 4 aliphatic rings. The van der Waals surface area contributed by atoms with E-state index in [4.69, 9.17) is 18.1 Å². The van der Waals surface area contributed by atoms with E-state index in [2.05, 4.69) is 53.8 Å². The zero-order chi connectivity index (χ0) is 29.9. The van der Waals surface area contributed by atoms with E-state index in [0.29, 0.717) is 24.2 Å². The second-order valence-corrected chi connectivity index (χ2v) is 21.6. The van der Waals surface area contributed by atoms with Gasteiger partial charge in [-0.3, -0.25) is 8.98 Å². The molecule has 7 nitrogen and oxygen atoms in total. The van der Waals surface area contributed by atoms with Crippen LogP contribution in [0.5, 0.6) is 0 Å². The van der Waals surface area contributed by atoms with Crippen molar-refractivity contribution in [3.05, 3.63) is 11.6 Å². The van der Waals surface area contributed by atoms with E-state index in [1.54, 1.807) is 7.11 Å². The molecule has 4 rings (SSSR count). The van der Waals surface area contributed by atoms with Gasteiger partial charge in [0.2, 0.25) is 0 Å². The van der Waals surface area contributed by atoms with Crippen LogP contribution in [0.2, 0.25) is 18.1 Å².